The molecular weight excluding hydrogens is 382 g/mol. The Hall–Kier alpha value is -2.38. The maximum atomic E-state index is 12.1. The van der Waals surface area contributed by atoms with Gasteiger partial charge in [0.1, 0.15) is 5.69 Å². The van der Waals surface area contributed by atoms with E-state index in [0.29, 0.717) is 21.7 Å². The highest BCUT2D eigenvalue weighted by Crippen LogP contribution is 2.27. The lowest BCUT2D eigenvalue weighted by Gasteiger charge is -2.12. The highest BCUT2D eigenvalue weighted by molar-refractivity contribution is 7.99. The average Bonchev–Trinajstić information content (AvgIpc) is 3.11. The third-order valence-corrected chi connectivity index (χ3v) is 5.15. The summed E-state index contributed by atoms with van der Waals surface area (Å²) in [5.41, 5.74) is 1.56. The fraction of sp³-hybridized carbons (Fsp3) is 0.263. The van der Waals surface area contributed by atoms with Crippen LogP contribution in [0, 0.1) is 0 Å². The Labute approximate surface area is 167 Å². The fourth-order valence-corrected chi connectivity index (χ4v) is 3.28. The molecule has 27 heavy (non-hydrogen) atoms. The summed E-state index contributed by atoms with van der Waals surface area (Å²) in [6.07, 6.45) is 2.60. The molecule has 1 atom stereocenters. The Bertz CT molecular complexity index is 898. The maximum absolute atomic E-state index is 12.1. The highest BCUT2D eigenvalue weighted by Gasteiger charge is 2.18. The first-order valence-corrected chi connectivity index (χ1v) is 9.99. The smallest absolute Gasteiger partial charge is 0.230 e. The van der Waals surface area contributed by atoms with E-state index in [-0.39, 0.29) is 17.7 Å². The van der Waals surface area contributed by atoms with Crippen molar-refractivity contribution in [2.24, 2.45) is 0 Å². The number of carbonyl (C=O) groups is 1. The number of thioether (sulfide) groups is 1. The maximum Gasteiger partial charge on any atom is 0.230 e. The molecular formula is C19H20ClN5OS. The number of nitrogens with one attached hydrogen (secondary N) is 1. The van der Waals surface area contributed by atoms with Gasteiger partial charge in [0.05, 0.1) is 5.75 Å². The minimum atomic E-state index is -0.0283. The second kappa shape index (κ2) is 9.01. The summed E-state index contributed by atoms with van der Waals surface area (Å²) in [7, 11) is 0. The van der Waals surface area contributed by atoms with Gasteiger partial charge in [-0.3, -0.25) is 14.3 Å². The SMILES string of the molecule is CCC(C)NC(=O)CSc1nnc(-c2ccccn2)n1-c1ccc(Cl)cc1. The molecule has 0 radical (unpaired) electrons. The molecule has 0 saturated carbocycles. The summed E-state index contributed by atoms with van der Waals surface area (Å²) in [5, 5.41) is 12.8. The van der Waals surface area contributed by atoms with Crippen molar-refractivity contribution in [3.05, 3.63) is 53.7 Å². The van der Waals surface area contributed by atoms with Crippen LogP contribution in [0.3, 0.4) is 0 Å². The molecule has 0 bridgehead atoms. The summed E-state index contributed by atoms with van der Waals surface area (Å²) in [4.78, 5) is 16.5. The van der Waals surface area contributed by atoms with Crippen molar-refractivity contribution in [2.75, 3.05) is 5.75 Å². The van der Waals surface area contributed by atoms with Crippen LogP contribution in [-0.2, 0) is 4.79 Å². The number of carbonyl (C=O) groups excluding carboxylic acids is 1. The van der Waals surface area contributed by atoms with Gasteiger partial charge in [-0.15, -0.1) is 10.2 Å². The van der Waals surface area contributed by atoms with E-state index in [1.807, 2.05) is 60.9 Å². The van der Waals surface area contributed by atoms with Crippen LogP contribution in [0.4, 0.5) is 0 Å². The summed E-state index contributed by atoms with van der Waals surface area (Å²) in [5.74, 6) is 0.848. The molecule has 0 spiro atoms. The van der Waals surface area contributed by atoms with Crippen LogP contribution in [0.15, 0.2) is 53.8 Å². The van der Waals surface area contributed by atoms with Crippen LogP contribution in [0.2, 0.25) is 5.02 Å². The molecule has 0 fully saturated rings. The number of benzene rings is 1. The second-order valence-corrected chi connectivity index (χ2v) is 7.38. The van der Waals surface area contributed by atoms with Crippen molar-refractivity contribution in [2.45, 2.75) is 31.5 Å². The molecule has 2 aromatic heterocycles. The lowest BCUT2D eigenvalue weighted by Crippen LogP contribution is -2.33. The zero-order valence-electron chi connectivity index (χ0n) is 15.1. The molecule has 8 heteroatoms. The Kier molecular flexibility index (Phi) is 6.47. The van der Waals surface area contributed by atoms with E-state index in [1.165, 1.54) is 11.8 Å². The molecule has 1 aromatic carbocycles. The molecule has 3 aromatic rings. The van der Waals surface area contributed by atoms with E-state index in [0.717, 1.165) is 12.1 Å². The van der Waals surface area contributed by atoms with E-state index >= 15 is 0 Å². The standard InChI is InChI=1S/C19H20ClN5OS/c1-3-13(2)22-17(26)12-27-19-24-23-18(16-6-4-5-11-21-16)25(19)15-9-7-14(20)8-10-15/h4-11,13H,3,12H2,1-2H3,(H,22,26). The zero-order chi connectivity index (χ0) is 19.2. The minimum Gasteiger partial charge on any atom is -0.353 e. The predicted octanol–water partition coefficient (Wildman–Crippen LogP) is 3.99. The molecule has 0 saturated heterocycles. The third-order valence-electron chi connectivity index (χ3n) is 3.96. The molecule has 1 N–H and O–H groups in total. The molecule has 0 aliphatic rings. The van der Waals surface area contributed by atoms with E-state index in [2.05, 4.69) is 20.5 Å². The summed E-state index contributed by atoms with van der Waals surface area (Å²) in [6, 6.07) is 13.2. The van der Waals surface area contributed by atoms with Crippen LogP contribution in [-0.4, -0.2) is 37.5 Å². The van der Waals surface area contributed by atoms with Crippen LogP contribution < -0.4 is 5.32 Å². The summed E-state index contributed by atoms with van der Waals surface area (Å²) < 4.78 is 1.89. The van der Waals surface area contributed by atoms with Crippen molar-refractivity contribution >= 4 is 29.3 Å². The molecule has 2 heterocycles. The van der Waals surface area contributed by atoms with E-state index in [9.17, 15) is 4.79 Å². The highest BCUT2D eigenvalue weighted by atomic mass is 35.5. The van der Waals surface area contributed by atoms with Crippen molar-refractivity contribution in [1.29, 1.82) is 0 Å². The lowest BCUT2D eigenvalue weighted by atomic mass is 10.3. The van der Waals surface area contributed by atoms with Crippen molar-refractivity contribution in [3.8, 4) is 17.2 Å². The van der Waals surface area contributed by atoms with Crippen LogP contribution in [0.1, 0.15) is 20.3 Å². The number of hydrogen-bond acceptors (Lipinski definition) is 5. The number of rotatable bonds is 7. The number of aromatic nitrogens is 4. The molecule has 140 valence electrons. The predicted molar refractivity (Wildman–Crippen MR) is 108 cm³/mol. The number of amides is 1. The Morgan fingerprint density at radius 3 is 2.67 bits per heavy atom. The topological polar surface area (TPSA) is 72.7 Å². The molecule has 1 unspecified atom stereocenters. The quantitative estimate of drug-likeness (QED) is 0.606. The van der Waals surface area contributed by atoms with Gasteiger partial charge in [0.2, 0.25) is 5.91 Å². The molecule has 0 aliphatic carbocycles. The lowest BCUT2D eigenvalue weighted by molar-refractivity contribution is -0.119. The van der Waals surface area contributed by atoms with Gasteiger partial charge < -0.3 is 5.32 Å². The number of hydrogen-bond donors (Lipinski definition) is 1. The largest absolute Gasteiger partial charge is 0.353 e. The van der Waals surface area contributed by atoms with Gasteiger partial charge in [0.15, 0.2) is 11.0 Å². The van der Waals surface area contributed by atoms with Crippen LogP contribution in [0.5, 0.6) is 0 Å². The zero-order valence-corrected chi connectivity index (χ0v) is 16.7. The fourth-order valence-electron chi connectivity index (χ4n) is 2.40. The molecule has 0 aliphatic heterocycles. The first kappa shape index (κ1) is 19.4. The Morgan fingerprint density at radius 2 is 2.00 bits per heavy atom. The second-order valence-electron chi connectivity index (χ2n) is 6.00. The van der Waals surface area contributed by atoms with Gasteiger partial charge in [0, 0.05) is 22.9 Å². The number of halogens is 1. The normalized spacial score (nSPS) is 12.0. The third kappa shape index (κ3) is 4.87. The average molecular weight is 402 g/mol. The van der Waals surface area contributed by atoms with Crippen molar-refractivity contribution < 1.29 is 4.79 Å². The van der Waals surface area contributed by atoms with Crippen LogP contribution >= 0.6 is 23.4 Å². The first-order chi connectivity index (χ1) is 13.1. The van der Waals surface area contributed by atoms with Gasteiger partial charge in [-0.25, -0.2) is 0 Å². The van der Waals surface area contributed by atoms with Crippen molar-refractivity contribution in [1.82, 2.24) is 25.1 Å². The van der Waals surface area contributed by atoms with Crippen LogP contribution in [0.25, 0.3) is 17.2 Å². The van der Waals surface area contributed by atoms with Gasteiger partial charge >= 0.3 is 0 Å². The van der Waals surface area contributed by atoms with Gasteiger partial charge in [-0.05, 0) is 49.7 Å². The van der Waals surface area contributed by atoms with Gasteiger partial charge in [-0.1, -0.05) is 36.4 Å². The van der Waals surface area contributed by atoms with Gasteiger partial charge in [-0.2, -0.15) is 0 Å². The van der Waals surface area contributed by atoms with Crippen molar-refractivity contribution in [3.63, 3.8) is 0 Å². The summed E-state index contributed by atoms with van der Waals surface area (Å²) >= 11 is 7.36. The van der Waals surface area contributed by atoms with E-state index < -0.39 is 0 Å². The Balaban J connectivity index is 1.91. The minimum absolute atomic E-state index is 0.0283. The molecule has 6 nitrogen and oxygen atoms in total. The molecule has 1 amide bonds. The first-order valence-electron chi connectivity index (χ1n) is 8.63. The molecule has 3 rings (SSSR count). The summed E-state index contributed by atoms with van der Waals surface area (Å²) in [6.45, 7) is 4.02. The number of nitrogens with zero attached hydrogens (tertiary/aromatic N) is 4. The number of pyridine rings is 1. The monoisotopic (exact) mass is 401 g/mol. The Morgan fingerprint density at radius 1 is 1.22 bits per heavy atom. The van der Waals surface area contributed by atoms with Gasteiger partial charge in [0.25, 0.3) is 0 Å². The van der Waals surface area contributed by atoms with E-state index in [4.69, 9.17) is 11.6 Å². The van der Waals surface area contributed by atoms with E-state index in [1.54, 1.807) is 6.20 Å².